The van der Waals surface area contributed by atoms with E-state index < -0.39 is 17.4 Å². The van der Waals surface area contributed by atoms with Gasteiger partial charge < -0.3 is 10.1 Å². The predicted molar refractivity (Wildman–Crippen MR) is 124 cm³/mol. The van der Waals surface area contributed by atoms with E-state index in [-0.39, 0.29) is 22.2 Å². The fourth-order valence-electron chi connectivity index (χ4n) is 6.69. The smallest absolute Gasteiger partial charge is 0.312 e. The van der Waals surface area contributed by atoms with Crippen LogP contribution in [0.2, 0.25) is 10.0 Å². The van der Waals surface area contributed by atoms with E-state index in [9.17, 15) is 9.59 Å². The van der Waals surface area contributed by atoms with E-state index >= 15 is 0 Å². The minimum absolute atomic E-state index is 0.0383. The maximum absolute atomic E-state index is 13.5. The number of anilines is 1. The van der Waals surface area contributed by atoms with Crippen LogP contribution in [0, 0.1) is 17.3 Å². The van der Waals surface area contributed by atoms with Crippen LogP contribution in [0.25, 0.3) is 0 Å². The molecule has 4 bridgehead atoms. The third-order valence-corrected chi connectivity index (χ3v) is 8.08. The summed E-state index contributed by atoms with van der Waals surface area (Å²) in [6.07, 6.45) is 6.44. The van der Waals surface area contributed by atoms with Crippen LogP contribution in [0.15, 0.2) is 42.6 Å². The van der Waals surface area contributed by atoms with Crippen LogP contribution in [0.1, 0.15) is 51.0 Å². The van der Waals surface area contributed by atoms with E-state index in [1.165, 1.54) is 24.2 Å². The first-order valence-corrected chi connectivity index (χ1v) is 11.9. The van der Waals surface area contributed by atoms with Gasteiger partial charge in [0.1, 0.15) is 0 Å². The SMILES string of the molecule is C[C@@H](OC(=O)C12C[C@@H]3C[C@@H](C1)CC(c1ccccc1)(C3)C2)C(=O)Nc1ncc(Cl)cc1Cl. The van der Waals surface area contributed by atoms with E-state index in [2.05, 4.69) is 34.6 Å². The number of aromatic nitrogens is 1. The zero-order chi connectivity index (χ0) is 22.5. The summed E-state index contributed by atoms with van der Waals surface area (Å²) in [4.78, 5) is 30.2. The first kappa shape index (κ1) is 21.7. The molecule has 6 rings (SSSR count). The second-order valence-electron chi connectivity index (χ2n) is 9.91. The first-order chi connectivity index (χ1) is 15.3. The molecule has 168 valence electrons. The fraction of sp³-hybridized carbons (Fsp3) is 0.480. The maximum Gasteiger partial charge on any atom is 0.312 e. The summed E-state index contributed by atoms with van der Waals surface area (Å²) in [5.74, 6) is 0.555. The monoisotopic (exact) mass is 472 g/mol. The number of rotatable bonds is 5. The second-order valence-corrected chi connectivity index (χ2v) is 10.8. The van der Waals surface area contributed by atoms with Crippen molar-refractivity contribution in [3.63, 3.8) is 0 Å². The highest BCUT2D eigenvalue weighted by Gasteiger charge is 2.61. The standard InChI is InChI=1S/C25H26Cl2N2O3/c1-15(22(30)29-21-20(27)8-19(26)13-28-21)32-23(31)25-11-16-7-17(12-25)10-24(9-16,14-25)18-5-3-2-4-6-18/h2-6,8,13,15-17H,7,9-12,14H2,1H3,(H,28,29,30)/t15-,16-,17-,24?,25?/m1/s1. The van der Waals surface area contributed by atoms with Gasteiger partial charge in [0, 0.05) is 6.20 Å². The molecule has 0 saturated heterocycles. The van der Waals surface area contributed by atoms with Crippen LogP contribution in [0.5, 0.6) is 0 Å². The van der Waals surface area contributed by atoms with E-state index in [0.717, 1.165) is 32.1 Å². The summed E-state index contributed by atoms with van der Waals surface area (Å²) in [6.45, 7) is 1.59. The van der Waals surface area contributed by atoms with Crippen molar-refractivity contribution in [1.29, 1.82) is 0 Å². The molecule has 1 aromatic carbocycles. The lowest BCUT2D eigenvalue weighted by molar-refractivity contribution is -0.180. The Balaban J connectivity index is 1.32. The van der Waals surface area contributed by atoms with Crippen LogP contribution >= 0.6 is 23.2 Å². The van der Waals surface area contributed by atoms with Crippen molar-refractivity contribution >= 4 is 40.9 Å². The van der Waals surface area contributed by atoms with Crippen LogP contribution < -0.4 is 5.32 Å². The van der Waals surface area contributed by atoms with Crippen molar-refractivity contribution in [1.82, 2.24) is 4.98 Å². The largest absolute Gasteiger partial charge is 0.452 e. The molecule has 0 aliphatic heterocycles. The van der Waals surface area contributed by atoms with Crippen LogP contribution in [0.3, 0.4) is 0 Å². The van der Waals surface area contributed by atoms with Crippen molar-refractivity contribution in [2.45, 2.75) is 57.0 Å². The number of carbonyl (C=O) groups excluding carboxylic acids is 2. The average molecular weight is 473 g/mol. The lowest BCUT2D eigenvalue weighted by Crippen LogP contribution is -2.57. The Bertz CT molecular complexity index is 1040. The quantitative estimate of drug-likeness (QED) is 0.558. The van der Waals surface area contributed by atoms with Crippen LogP contribution in [-0.2, 0) is 19.7 Å². The number of halogens is 2. The third kappa shape index (κ3) is 3.80. The molecule has 7 heteroatoms. The van der Waals surface area contributed by atoms with Gasteiger partial charge in [-0.2, -0.15) is 0 Å². The van der Waals surface area contributed by atoms with E-state index in [4.69, 9.17) is 27.9 Å². The lowest BCUT2D eigenvalue weighted by atomic mass is 9.43. The van der Waals surface area contributed by atoms with Crippen molar-refractivity contribution in [3.05, 3.63) is 58.2 Å². The zero-order valence-electron chi connectivity index (χ0n) is 17.9. The zero-order valence-corrected chi connectivity index (χ0v) is 19.5. The highest BCUT2D eigenvalue weighted by Crippen LogP contribution is 2.66. The number of benzene rings is 1. The molecule has 2 aromatic rings. The molecule has 0 spiro atoms. The molecular formula is C25H26Cl2N2O3. The average Bonchev–Trinajstić information content (AvgIpc) is 2.75. The number of hydrogen-bond donors (Lipinski definition) is 1. The van der Waals surface area contributed by atoms with Gasteiger partial charge in [0.05, 0.1) is 15.5 Å². The number of nitrogens with zero attached hydrogens (tertiary/aromatic N) is 1. The second kappa shape index (κ2) is 8.03. The minimum Gasteiger partial charge on any atom is -0.452 e. The molecule has 0 unspecified atom stereocenters. The molecule has 3 atom stereocenters. The molecule has 4 aliphatic carbocycles. The Morgan fingerprint density at radius 3 is 2.47 bits per heavy atom. The Kier molecular flexibility index (Phi) is 5.45. The molecule has 1 heterocycles. The van der Waals surface area contributed by atoms with Crippen LogP contribution in [-0.4, -0.2) is 23.0 Å². The molecule has 0 radical (unpaired) electrons. The number of pyridine rings is 1. The Hall–Kier alpha value is -2.11. The van der Waals surface area contributed by atoms with Gasteiger partial charge in [0.15, 0.2) is 11.9 Å². The minimum atomic E-state index is -0.947. The molecule has 1 amide bonds. The fourth-order valence-corrected chi connectivity index (χ4v) is 7.12. The van der Waals surface area contributed by atoms with Gasteiger partial charge in [-0.15, -0.1) is 0 Å². The van der Waals surface area contributed by atoms with Crippen molar-refractivity contribution in [2.24, 2.45) is 17.3 Å². The van der Waals surface area contributed by atoms with E-state index in [1.54, 1.807) is 6.92 Å². The molecule has 5 nitrogen and oxygen atoms in total. The Morgan fingerprint density at radius 2 is 1.81 bits per heavy atom. The topological polar surface area (TPSA) is 68.3 Å². The van der Waals surface area contributed by atoms with Gasteiger partial charge in [-0.1, -0.05) is 53.5 Å². The van der Waals surface area contributed by atoms with Crippen molar-refractivity contribution in [2.75, 3.05) is 5.32 Å². The third-order valence-electron chi connectivity index (χ3n) is 7.58. The summed E-state index contributed by atoms with van der Waals surface area (Å²) in [5, 5.41) is 3.24. The highest BCUT2D eigenvalue weighted by atomic mass is 35.5. The van der Waals surface area contributed by atoms with Crippen LogP contribution in [0.4, 0.5) is 5.82 Å². The summed E-state index contributed by atoms with van der Waals surface area (Å²) in [6, 6.07) is 12.1. The summed E-state index contributed by atoms with van der Waals surface area (Å²) >= 11 is 12.0. The number of amides is 1. The Morgan fingerprint density at radius 1 is 1.12 bits per heavy atom. The van der Waals surface area contributed by atoms with Gasteiger partial charge >= 0.3 is 5.97 Å². The lowest BCUT2D eigenvalue weighted by Gasteiger charge is -2.61. The van der Waals surface area contributed by atoms with Gasteiger partial charge in [-0.25, -0.2) is 4.98 Å². The number of esters is 1. The molecule has 1 aromatic heterocycles. The van der Waals surface area contributed by atoms with E-state index in [0.29, 0.717) is 16.9 Å². The number of carbonyl (C=O) groups is 2. The molecular weight excluding hydrogens is 447 g/mol. The molecule has 4 fully saturated rings. The molecule has 4 saturated carbocycles. The molecule has 4 aliphatic rings. The summed E-state index contributed by atoms with van der Waals surface area (Å²) in [5.41, 5.74) is 0.863. The van der Waals surface area contributed by atoms with Gasteiger partial charge in [0.25, 0.3) is 5.91 Å². The molecule has 1 N–H and O–H groups in total. The molecule has 32 heavy (non-hydrogen) atoms. The maximum atomic E-state index is 13.5. The summed E-state index contributed by atoms with van der Waals surface area (Å²) in [7, 11) is 0. The number of ether oxygens (including phenoxy) is 1. The summed E-state index contributed by atoms with van der Waals surface area (Å²) < 4.78 is 5.77. The predicted octanol–water partition coefficient (Wildman–Crippen LogP) is 5.80. The van der Waals surface area contributed by atoms with Gasteiger partial charge in [-0.3, -0.25) is 9.59 Å². The van der Waals surface area contributed by atoms with Gasteiger partial charge in [0.2, 0.25) is 0 Å². The van der Waals surface area contributed by atoms with E-state index in [1.807, 2.05) is 6.07 Å². The number of nitrogens with one attached hydrogen (secondary N) is 1. The number of hydrogen-bond acceptors (Lipinski definition) is 4. The van der Waals surface area contributed by atoms with Gasteiger partial charge in [-0.05, 0) is 74.3 Å². The van der Waals surface area contributed by atoms with Crippen molar-refractivity contribution < 1.29 is 14.3 Å². The first-order valence-electron chi connectivity index (χ1n) is 11.2. The van der Waals surface area contributed by atoms with Crippen molar-refractivity contribution in [3.8, 4) is 0 Å². The highest BCUT2D eigenvalue weighted by molar-refractivity contribution is 6.36. The Labute approximate surface area is 197 Å². The normalized spacial score (nSPS) is 31.2.